The maximum absolute atomic E-state index is 5.56. The van der Waals surface area contributed by atoms with Crippen LogP contribution in [0.15, 0.2) is 69.6 Å². The summed E-state index contributed by atoms with van der Waals surface area (Å²) in [5.74, 6) is 1.66. The molecule has 0 fully saturated rings. The van der Waals surface area contributed by atoms with Crippen molar-refractivity contribution in [3.63, 3.8) is 0 Å². The van der Waals surface area contributed by atoms with Gasteiger partial charge in [-0.2, -0.15) is 0 Å². The highest BCUT2D eigenvalue weighted by atomic mass is 79.9. The minimum absolute atomic E-state index is 0.832. The van der Waals surface area contributed by atoms with Gasteiger partial charge in [0.2, 0.25) is 0 Å². The van der Waals surface area contributed by atoms with Gasteiger partial charge in [0.05, 0.1) is 14.2 Å². The lowest BCUT2D eigenvalue weighted by Gasteiger charge is -2.14. The zero-order valence-corrected chi connectivity index (χ0v) is 17.5. The Balaban J connectivity index is 2.12. The maximum atomic E-state index is 5.56. The molecule has 0 aromatic heterocycles. The molecule has 4 rings (SSSR count). The Morgan fingerprint density at radius 2 is 1.00 bits per heavy atom. The molecule has 0 N–H and O–H groups in total. The Morgan fingerprint density at radius 1 is 0.577 bits per heavy atom. The molecule has 0 saturated heterocycles. The van der Waals surface area contributed by atoms with Gasteiger partial charge in [0, 0.05) is 8.95 Å². The molecule has 0 aliphatic rings. The third-order valence-corrected chi connectivity index (χ3v) is 5.52. The minimum atomic E-state index is 0.832. The van der Waals surface area contributed by atoms with Crippen molar-refractivity contribution >= 4 is 53.4 Å². The molecule has 4 aromatic rings. The molecule has 2 nitrogen and oxygen atoms in total. The van der Waals surface area contributed by atoms with Crippen LogP contribution in [-0.4, -0.2) is 14.2 Å². The third kappa shape index (κ3) is 3.08. The zero-order chi connectivity index (χ0) is 18.3. The molecule has 0 saturated carbocycles. The standard InChI is InChI=1S/C22H16Br2O2/c1-25-17-9-13-7-15(23)3-5-19(13)21(11-17)22-12-18(26-2)10-14-8-16(24)4-6-20(14)22/h3-12H,1-2H3. The molecule has 0 heterocycles. The van der Waals surface area contributed by atoms with Crippen LogP contribution in [0, 0.1) is 0 Å². The predicted octanol–water partition coefficient (Wildman–Crippen LogP) is 7.20. The first-order valence-electron chi connectivity index (χ1n) is 8.14. The Bertz CT molecular complexity index is 1040. The van der Waals surface area contributed by atoms with Crippen molar-refractivity contribution in [3.8, 4) is 22.6 Å². The van der Waals surface area contributed by atoms with Crippen molar-refractivity contribution in [1.82, 2.24) is 0 Å². The average molecular weight is 472 g/mol. The molecule has 4 aromatic carbocycles. The number of halogens is 2. The lowest BCUT2D eigenvalue weighted by Crippen LogP contribution is -1.90. The summed E-state index contributed by atoms with van der Waals surface area (Å²) < 4.78 is 13.2. The van der Waals surface area contributed by atoms with Crippen molar-refractivity contribution in [2.24, 2.45) is 0 Å². The number of hydrogen-bond donors (Lipinski definition) is 0. The van der Waals surface area contributed by atoms with E-state index in [1.165, 1.54) is 10.8 Å². The lowest BCUT2D eigenvalue weighted by atomic mass is 9.93. The van der Waals surface area contributed by atoms with Crippen molar-refractivity contribution in [1.29, 1.82) is 0 Å². The van der Waals surface area contributed by atoms with E-state index in [1.807, 2.05) is 0 Å². The van der Waals surface area contributed by atoms with Crippen molar-refractivity contribution in [2.75, 3.05) is 14.2 Å². The van der Waals surface area contributed by atoms with Gasteiger partial charge in [-0.15, -0.1) is 0 Å². The first-order chi connectivity index (χ1) is 12.6. The van der Waals surface area contributed by atoms with E-state index < -0.39 is 0 Å². The fourth-order valence-electron chi connectivity index (χ4n) is 3.31. The van der Waals surface area contributed by atoms with Gasteiger partial charge in [-0.25, -0.2) is 0 Å². The molecule has 0 aliphatic heterocycles. The summed E-state index contributed by atoms with van der Waals surface area (Å²) in [6.45, 7) is 0. The van der Waals surface area contributed by atoms with E-state index in [0.717, 1.165) is 42.3 Å². The van der Waals surface area contributed by atoms with Crippen LogP contribution in [0.5, 0.6) is 11.5 Å². The SMILES string of the molecule is COc1cc(-c2cc(OC)cc3cc(Br)ccc23)c2ccc(Br)cc2c1. The Labute approximate surface area is 169 Å². The molecular formula is C22H16Br2O2. The van der Waals surface area contributed by atoms with Gasteiger partial charge in [0.25, 0.3) is 0 Å². The van der Waals surface area contributed by atoms with Gasteiger partial charge in [-0.05, 0) is 81.2 Å². The molecule has 130 valence electrons. The number of methoxy groups -OCH3 is 2. The minimum Gasteiger partial charge on any atom is -0.497 e. The van der Waals surface area contributed by atoms with Gasteiger partial charge >= 0.3 is 0 Å². The summed E-state index contributed by atoms with van der Waals surface area (Å²) in [5.41, 5.74) is 2.25. The van der Waals surface area contributed by atoms with E-state index in [4.69, 9.17) is 9.47 Å². The highest BCUT2D eigenvalue weighted by Crippen LogP contribution is 2.40. The second kappa shape index (κ2) is 6.93. The number of rotatable bonds is 3. The van der Waals surface area contributed by atoms with Crippen molar-refractivity contribution < 1.29 is 9.47 Å². The van der Waals surface area contributed by atoms with Crippen LogP contribution in [0.2, 0.25) is 0 Å². The Hall–Kier alpha value is -2.04. The average Bonchev–Trinajstić information content (AvgIpc) is 2.65. The number of ether oxygens (including phenoxy) is 2. The first-order valence-corrected chi connectivity index (χ1v) is 9.72. The fraction of sp³-hybridized carbons (Fsp3) is 0.0909. The topological polar surface area (TPSA) is 18.5 Å². The Morgan fingerprint density at radius 3 is 1.38 bits per heavy atom. The molecular weight excluding hydrogens is 456 g/mol. The molecule has 26 heavy (non-hydrogen) atoms. The summed E-state index contributed by atoms with van der Waals surface area (Å²) in [4.78, 5) is 0. The van der Waals surface area contributed by atoms with Crippen LogP contribution in [0.1, 0.15) is 0 Å². The number of benzene rings is 4. The van der Waals surface area contributed by atoms with Gasteiger partial charge in [0.15, 0.2) is 0 Å². The van der Waals surface area contributed by atoms with Crippen molar-refractivity contribution in [2.45, 2.75) is 0 Å². The van der Waals surface area contributed by atoms with Gasteiger partial charge in [-0.3, -0.25) is 0 Å². The molecule has 0 unspecified atom stereocenters. The second-order valence-electron chi connectivity index (χ2n) is 6.08. The maximum Gasteiger partial charge on any atom is 0.120 e. The first kappa shape index (κ1) is 17.4. The van der Waals surface area contributed by atoms with Crippen LogP contribution >= 0.6 is 31.9 Å². The van der Waals surface area contributed by atoms with E-state index in [-0.39, 0.29) is 0 Å². The summed E-state index contributed by atoms with van der Waals surface area (Å²) in [6, 6.07) is 20.9. The van der Waals surface area contributed by atoms with Crippen LogP contribution in [0.3, 0.4) is 0 Å². The van der Waals surface area contributed by atoms with E-state index in [9.17, 15) is 0 Å². The monoisotopic (exact) mass is 470 g/mol. The number of hydrogen-bond acceptors (Lipinski definition) is 2. The molecule has 0 amide bonds. The van der Waals surface area contributed by atoms with Gasteiger partial charge < -0.3 is 9.47 Å². The summed E-state index contributed by atoms with van der Waals surface area (Å²) in [6.07, 6.45) is 0. The van der Waals surface area contributed by atoms with Crippen LogP contribution < -0.4 is 9.47 Å². The third-order valence-electron chi connectivity index (χ3n) is 4.54. The van der Waals surface area contributed by atoms with Crippen LogP contribution in [0.4, 0.5) is 0 Å². The summed E-state index contributed by atoms with van der Waals surface area (Å²) in [7, 11) is 3.40. The van der Waals surface area contributed by atoms with Gasteiger partial charge in [-0.1, -0.05) is 44.0 Å². The number of fused-ring (bicyclic) bond motifs is 2. The molecule has 0 radical (unpaired) electrons. The van der Waals surface area contributed by atoms with E-state index in [1.54, 1.807) is 14.2 Å². The lowest BCUT2D eigenvalue weighted by molar-refractivity contribution is 0.415. The van der Waals surface area contributed by atoms with E-state index >= 15 is 0 Å². The molecule has 4 heteroatoms. The molecule has 0 atom stereocenters. The fourth-order valence-corrected chi connectivity index (χ4v) is 4.07. The zero-order valence-electron chi connectivity index (χ0n) is 14.3. The molecule has 0 bridgehead atoms. The highest BCUT2D eigenvalue weighted by Gasteiger charge is 2.13. The second-order valence-corrected chi connectivity index (χ2v) is 7.91. The van der Waals surface area contributed by atoms with E-state index in [0.29, 0.717) is 0 Å². The van der Waals surface area contributed by atoms with Crippen LogP contribution in [-0.2, 0) is 0 Å². The predicted molar refractivity (Wildman–Crippen MR) is 115 cm³/mol. The smallest absolute Gasteiger partial charge is 0.120 e. The molecule has 0 spiro atoms. The largest absolute Gasteiger partial charge is 0.497 e. The van der Waals surface area contributed by atoms with E-state index in [2.05, 4.69) is 92.5 Å². The quantitative estimate of drug-likeness (QED) is 0.314. The normalized spacial score (nSPS) is 11.1. The van der Waals surface area contributed by atoms with Crippen LogP contribution in [0.25, 0.3) is 32.7 Å². The Kier molecular flexibility index (Phi) is 4.63. The molecule has 0 aliphatic carbocycles. The van der Waals surface area contributed by atoms with Gasteiger partial charge in [0.1, 0.15) is 11.5 Å². The summed E-state index contributed by atoms with van der Waals surface area (Å²) >= 11 is 7.13. The van der Waals surface area contributed by atoms with Crippen molar-refractivity contribution in [3.05, 3.63) is 69.6 Å². The summed E-state index contributed by atoms with van der Waals surface area (Å²) in [5, 5.41) is 4.60. The highest BCUT2D eigenvalue weighted by molar-refractivity contribution is 9.10.